The molecule has 2 heteroatoms. The fraction of sp³-hybridized carbons (Fsp3) is 0.176. The van der Waals surface area contributed by atoms with Gasteiger partial charge in [-0.1, -0.05) is 54.3 Å². The van der Waals surface area contributed by atoms with Gasteiger partial charge >= 0.3 is 0 Å². The van der Waals surface area contributed by atoms with Gasteiger partial charge in [-0.05, 0) is 23.3 Å². The number of aliphatic hydroxyl groups excluding tert-OH is 1. The Balaban J connectivity index is 2.03. The molecule has 0 fully saturated rings. The summed E-state index contributed by atoms with van der Waals surface area (Å²) >= 11 is 0. The number of ether oxygens (including phenoxy) is 1. The van der Waals surface area contributed by atoms with Crippen LogP contribution in [0.15, 0.2) is 54.6 Å². The first-order chi connectivity index (χ1) is 9.29. The third kappa shape index (κ3) is 3.87. The van der Waals surface area contributed by atoms with Crippen LogP contribution in [0.3, 0.4) is 0 Å². The van der Waals surface area contributed by atoms with E-state index in [4.69, 9.17) is 4.74 Å². The molecule has 0 aromatic heterocycles. The van der Waals surface area contributed by atoms with E-state index >= 15 is 0 Å². The van der Waals surface area contributed by atoms with Gasteiger partial charge in [0, 0.05) is 6.42 Å². The van der Waals surface area contributed by atoms with Gasteiger partial charge in [0.15, 0.2) is 0 Å². The van der Waals surface area contributed by atoms with Crippen LogP contribution in [0, 0.1) is 11.8 Å². The van der Waals surface area contributed by atoms with Crippen molar-refractivity contribution in [3.05, 3.63) is 65.7 Å². The van der Waals surface area contributed by atoms with Crippen molar-refractivity contribution in [3.63, 3.8) is 0 Å². The molecule has 1 N–H and O–H groups in total. The molecule has 2 nitrogen and oxygen atoms in total. The smallest absolute Gasteiger partial charge is 0.140 e. The monoisotopic (exact) mass is 252 g/mol. The number of methoxy groups -OCH3 is 1. The molecule has 0 radical (unpaired) electrons. The molecule has 96 valence electrons. The zero-order chi connectivity index (χ0) is 13.5. The van der Waals surface area contributed by atoms with Crippen LogP contribution in [0.2, 0.25) is 0 Å². The van der Waals surface area contributed by atoms with Crippen molar-refractivity contribution in [1.29, 1.82) is 0 Å². The molecular formula is C17H16O2. The summed E-state index contributed by atoms with van der Waals surface area (Å²) in [6.45, 7) is 0. The second kappa shape index (κ2) is 6.63. The molecular weight excluding hydrogens is 236 g/mol. The Bertz CT molecular complexity index is 579. The first-order valence-electron chi connectivity index (χ1n) is 6.14. The molecule has 0 aliphatic rings. The standard InChI is InChI=1S/C17H16O2/c1-19-16-11-6-10-15(13-16)17(18)12-5-9-14-7-3-2-4-8-14/h2-4,6-8,10-11,13,17-18H,9H2,1H3. The van der Waals surface area contributed by atoms with Crippen molar-refractivity contribution in [2.24, 2.45) is 0 Å². The van der Waals surface area contributed by atoms with Gasteiger partial charge in [-0.3, -0.25) is 0 Å². The molecule has 2 aromatic carbocycles. The maximum atomic E-state index is 9.99. The summed E-state index contributed by atoms with van der Waals surface area (Å²) in [7, 11) is 1.60. The molecule has 0 spiro atoms. The molecule has 0 bridgehead atoms. The molecule has 0 saturated heterocycles. The SMILES string of the molecule is COc1cccc(C(O)C#CCc2ccccc2)c1. The van der Waals surface area contributed by atoms with E-state index in [2.05, 4.69) is 11.8 Å². The van der Waals surface area contributed by atoms with E-state index in [0.717, 1.165) is 16.9 Å². The highest BCUT2D eigenvalue weighted by molar-refractivity contribution is 5.33. The molecule has 0 aliphatic carbocycles. The summed E-state index contributed by atoms with van der Waals surface area (Å²) in [6, 6.07) is 17.3. The Hall–Kier alpha value is -2.24. The van der Waals surface area contributed by atoms with E-state index in [1.807, 2.05) is 48.5 Å². The maximum absolute atomic E-state index is 9.99. The number of benzene rings is 2. The molecule has 1 atom stereocenters. The quantitative estimate of drug-likeness (QED) is 0.851. The van der Waals surface area contributed by atoms with Crippen molar-refractivity contribution in [2.75, 3.05) is 7.11 Å². The zero-order valence-electron chi connectivity index (χ0n) is 10.8. The third-order valence-corrected chi connectivity index (χ3v) is 2.78. The topological polar surface area (TPSA) is 29.5 Å². The molecule has 19 heavy (non-hydrogen) atoms. The molecule has 0 saturated carbocycles. The summed E-state index contributed by atoms with van der Waals surface area (Å²) in [5, 5.41) is 9.99. The van der Waals surface area contributed by atoms with Gasteiger partial charge in [-0.25, -0.2) is 0 Å². The summed E-state index contributed by atoms with van der Waals surface area (Å²) in [4.78, 5) is 0. The van der Waals surface area contributed by atoms with Crippen molar-refractivity contribution in [1.82, 2.24) is 0 Å². The average molecular weight is 252 g/mol. The Morgan fingerprint density at radius 1 is 1.11 bits per heavy atom. The van der Waals surface area contributed by atoms with Gasteiger partial charge in [-0.15, -0.1) is 0 Å². The number of aliphatic hydroxyl groups is 1. The van der Waals surface area contributed by atoms with Crippen LogP contribution < -0.4 is 4.74 Å². The largest absolute Gasteiger partial charge is 0.497 e. The summed E-state index contributed by atoms with van der Waals surface area (Å²) < 4.78 is 5.12. The minimum absolute atomic E-state index is 0.641. The zero-order valence-corrected chi connectivity index (χ0v) is 10.8. The average Bonchev–Trinajstić information content (AvgIpc) is 2.48. The van der Waals surface area contributed by atoms with Gasteiger partial charge in [0.05, 0.1) is 7.11 Å². The Kier molecular flexibility index (Phi) is 4.60. The second-order valence-electron chi connectivity index (χ2n) is 4.16. The Morgan fingerprint density at radius 2 is 1.89 bits per heavy atom. The van der Waals surface area contributed by atoms with Crippen molar-refractivity contribution < 1.29 is 9.84 Å². The van der Waals surface area contributed by atoms with E-state index in [1.54, 1.807) is 13.2 Å². The Morgan fingerprint density at radius 3 is 2.63 bits per heavy atom. The van der Waals surface area contributed by atoms with Gasteiger partial charge in [0.2, 0.25) is 0 Å². The molecule has 1 unspecified atom stereocenters. The number of hydrogen-bond acceptors (Lipinski definition) is 2. The van der Waals surface area contributed by atoms with E-state index in [1.165, 1.54) is 0 Å². The van der Waals surface area contributed by atoms with Crippen molar-refractivity contribution >= 4 is 0 Å². The highest BCUT2D eigenvalue weighted by Gasteiger charge is 2.04. The predicted octanol–water partition coefficient (Wildman–Crippen LogP) is 2.97. The lowest BCUT2D eigenvalue weighted by molar-refractivity contribution is 0.237. The van der Waals surface area contributed by atoms with Crippen LogP contribution in [0.1, 0.15) is 17.2 Å². The summed E-state index contributed by atoms with van der Waals surface area (Å²) in [5.74, 6) is 6.57. The highest BCUT2D eigenvalue weighted by Crippen LogP contribution is 2.18. The molecule has 0 aliphatic heterocycles. The second-order valence-corrected chi connectivity index (χ2v) is 4.16. The van der Waals surface area contributed by atoms with E-state index in [-0.39, 0.29) is 0 Å². The van der Waals surface area contributed by atoms with Gasteiger partial charge < -0.3 is 9.84 Å². The third-order valence-electron chi connectivity index (χ3n) is 2.78. The van der Waals surface area contributed by atoms with Gasteiger partial charge in [0.1, 0.15) is 11.9 Å². The summed E-state index contributed by atoms with van der Waals surface area (Å²) in [6.07, 6.45) is -0.138. The van der Waals surface area contributed by atoms with Crippen LogP contribution in [0.4, 0.5) is 0 Å². The minimum Gasteiger partial charge on any atom is -0.497 e. The normalized spacial score (nSPS) is 11.3. The number of rotatable bonds is 3. The van der Waals surface area contributed by atoms with Crippen LogP contribution >= 0.6 is 0 Å². The maximum Gasteiger partial charge on any atom is 0.140 e. The first kappa shape index (κ1) is 13.2. The van der Waals surface area contributed by atoms with Gasteiger partial charge in [0.25, 0.3) is 0 Å². The van der Waals surface area contributed by atoms with Crippen LogP contribution in [0.25, 0.3) is 0 Å². The fourth-order valence-electron chi connectivity index (χ4n) is 1.74. The Labute approximate surface area is 113 Å². The lowest BCUT2D eigenvalue weighted by Crippen LogP contribution is -1.94. The van der Waals surface area contributed by atoms with Gasteiger partial charge in [-0.2, -0.15) is 0 Å². The lowest BCUT2D eigenvalue weighted by atomic mass is 10.1. The highest BCUT2D eigenvalue weighted by atomic mass is 16.5. The first-order valence-corrected chi connectivity index (χ1v) is 6.14. The molecule has 0 heterocycles. The van der Waals surface area contributed by atoms with E-state index in [0.29, 0.717) is 6.42 Å². The van der Waals surface area contributed by atoms with Crippen LogP contribution in [-0.4, -0.2) is 12.2 Å². The fourth-order valence-corrected chi connectivity index (χ4v) is 1.74. The van der Waals surface area contributed by atoms with Crippen LogP contribution in [0.5, 0.6) is 5.75 Å². The van der Waals surface area contributed by atoms with Crippen LogP contribution in [-0.2, 0) is 6.42 Å². The van der Waals surface area contributed by atoms with E-state index < -0.39 is 6.10 Å². The molecule has 2 rings (SSSR count). The lowest BCUT2D eigenvalue weighted by Gasteiger charge is -2.05. The van der Waals surface area contributed by atoms with Crippen molar-refractivity contribution in [3.8, 4) is 17.6 Å². The summed E-state index contributed by atoms with van der Waals surface area (Å²) in [5.41, 5.74) is 1.90. The molecule has 2 aromatic rings. The molecule has 0 amide bonds. The van der Waals surface area contributed by atoms with E-state index in [9.17, 15) is 5.11 Å². The minimum atomic E-state index is -0.779. The van der Waals surface area contributed by atoms with Crippen molar-refractivity contribution in [2.45, 2.75) is 12.5 Å². The predicted molar refractivity (Wildman–Crippen MR) is 75.9 cm³/mol. The number of hydrogen-bond donors (Lipinski definition) is 1.